The Labute approximate surface area is 91.9 Å². The van der Waals surface area contributed by atoms with E-state index in [4.69, 9.17) is 0 Å². The fourth-order valence-electron chi connectivity index (χ4n) is 0.864. The lowest BCUT2D eigenvalue weighted by atomic mass is 10.3. The molecule has 0 radical (unpaired) electrons. The fraction of sp³-hybridized carbons (Fsp3) is 0.375. The van der Waals surface area contributed by atoms with Crippen LogP contribution in [0.4, 0.5) is 5.69 Å². The summed E-state index contributed by atoms with van der Waals surface area (Å²) in [6, 6.07) is 1.73. The van der Waals surface area contributed by atoms with Gasteiger partial charge in [-0.25, -0.2) is 13.4 Å². The number of nitrogens with zero attached hydrogens (tertiary/aromatic N) is 1. The number of aromatic nitrogens is 1. The second-order valence-corrected chi connectivity index (χ2v) is 5.62. The zero-order chi connectivity index (χ0) is 10.8. The monoisotopic (exact) mass is 278 g/mol. The summed E-state index contributed by atoms with van der Waals surface area (Å²) >= 11 is 3.17. The molecule has 4 nitrogen and oxygen atoms in total. The summed E-state index contributed by atoms with van der Waals surface area (Å²) in [5.74, 6) is 0.0490. The normalized spacial score (nSPS) is 11.4. The van der Waals surface area contributed by atoms with Crippen molar-refractivity contribution < 1.29 is 8.42 Å². The first kappa shape index (κ1) is 11.5. The number of halogens is 1. The molecule has 0 saturated carbocycles. The first-order valence-electron chi connectivity index (χ1n) is 4.07. The molecule has 0 aliphatic rings. The predicted octanol–water partition coefficient (Wildman–Crippen LogP) is 1.91. The minimum Gasteiger partial charge on any atom is -0.281 e. The second-order valence-electron chi connectivity index (χ2n) is 2.86. The molecule has 78 valence electrons. The lowest BCUT2D eigenvalue weighted by molar-refractivity contribution is 0.602. The number of hydrogen-bond acceptors (Lipinski definition) is 3. The smallest absolute Gasteiger partial charge is 0.232 e. The van der Waals surface area contributed by atoms with E-state index in [2.05, 4.69) is 25.6 Å². The van der Waals surface area contributed by atoms with Crippen LogP contribution in [-0.2, 0) is 10.0 Å². The van der Waals surface area contributed by atoms with Crippen molar-refractivity contribution >= 4 is 31.6 Å². The average Bonchev–Trinajstić information content (AvgIpc) is 2.11. The van der Waals surface area contributed by atoms with Gasteiger partial charge in [0.15, 0.2) is 0 Å². The van der Waals surface area contributed by atoms with Gasteiger partial charge in [0.25, 0.3) is 0 Å². The Balaban J connectivity index is 3.03. The quantitative estimate of drug-likeness (QED) is 0.860. The van der Waals surface area contributed by atoms with Crippen molar-refractivity contribution in [3.05, 3.63) is 22.4 Å². The average molecular weight is 279 g/mol. The van der Waals surface area contributed by atoms with E-state index in [0.29, 0.717) is 10.3 Å². The highest BCUT2D eigenvalue weighted by atomic mass is 79.9. The minimum atomic E-state index is -3.23. The molecule has 1 aromatic rings. The summed E-state index contributed by atoms with van der Waals surface area (Å²) in [7, 11) is -3.23. The van der Waals surface area contributed by atoms with Gasteiger partial charge in [-0.2, -0.15) is 0 Å². The van der Waals surface area contributed by atoms with E-state index < -0.39 is 10.0 Å². The van der Waals surface area contributed by atoms with Crippen LogP contribution < -0.4 is 4.72 Å². The van der Waals surface area contributed by atoms with Gasteiger partial charge in [-0.3, -0.25) is 4.72 Å². The second kappa shape index (κ2) is 4.27. The van der Waals surface area contributed by atoms with Crippen molar-refractivity contribution in [3.63, 3.8) is 0 Å². The van der Waals surface area contributed by atoms with Crippen LogP contribution in [0.5, 0.6) is 0 Å². The number of sulfonamides is 1. The van der Waals surface area contributed by atoms with E-state index in [1.54, 1.807) is 19.2 Å². The van der Waals surface area contributed by atoms with Gasteiger partial charge in [0.05, 0.1) is 11.4 Å². The van der Waals surface area contributed by atoms with Crippen molar-refractivity contribution in [1.29, 1.82) is 0 Å². The Morgan fingerprint density at radius 2 is 2.21 bits per heavy atom. The molecule has 1 heterocycles. The van der Waals surface area contributed by atoms with Gasteiger partial charge in [0.2, 0.25) is 10.0 Å². The van der Waals surface area contributed by atoms with E-state index in [0.717, 1.165) is 5.56 Å². The maximum atomic E-state index is 11.3. The molecule has 0 aliphatic heterocycles. The third-order valence-electron chi connectivity index (χ3n) is 1.62. The van der Waals surface area contributed by atoms with Crippen molar-refractivity contribution in [1.82, 2.24) is 4.98 Å². The lowest BCUT2D eigenvalue weighted by Gasteiger charge is -2.07. The maximum Gasteiger partial charge on any atom is 0.232 e. The van der Waals surface area contributed by atoms with Crippen LogP contribution >= 0.6 is 15.9 Å². The van der Waals surface area contributed by atoms with Crippen molar-refractivity contribution in [3.8, 4) is 0 Å². The van der Waals surface area contributed by atoms with E-state index in [1.165, 1.54) is 0 Å². The molecule has 0 atom stereocenters. The van der Waals surface area contributed by atoms with Crippen molar-refractivity contribution in [2.24, 2.45) is 0 Å². The number of aryl methyl sites for hydroxylation is 1. The number of hydrogen-bond donors (Lipinski definition) is 1. The molecule has 0 bridgehead atoms. The highest BCUT2D eigenvalue weighted by Crippen LogP contribution is 2.21. The molecule has 0 unspecified atom stereocenters. The summed E-state index contributed by atoms with van der Waals surface area (Å²) in [6.45, 7) is 3.43. The first-order chi connectivity index (χ1) is 6.44. The third-order valence-corrected chi connectivity index (χ3v) is 3.54. The summed E-state index contributed by atoms with van der Waals surface area (Å²) < 4.78 is 25.5. The molecule has 1 N–H and O–H groups in total. The van der Waals surface area contributed by atoms with Crippen LogP contribution in [0.1, 0.15) is 12.5 Å². The van der Waals surface area contributed by atoms with Gasteiger partial charge in [0.1, 0.15) is 4.60 Å². The van der Waals surface area contributed by atoms with Crippen LogP contribution in [0.2, 0.25) is 0 Å². The van der Waals surface area contributed by atoms with Crippen LogP contribution in [0.3, 0.4) is 0 Å². The number of pyridine rings is 1. The van der Waals surface area contributed by atoms with E-state index in [9.17, 15) is 8.42 Å². The molecule has 0 spiro atoms. The van der Waals surface area contributed by atoms with Crippen molar-refractivity contribution in [2.75, 3.05) is 10.5 Å². The Bertz CT molecular complexity index is 431. The number of nitrogens with one attached hydrogen (secondary N) is 1. The topological polar surface area (TPSA) is 59.1 Å². The largest absolute Gasteiger partial charge is 0.281 e. The minimum absolute atomic E-state index is 0.0490. The molecule has 0 aromatic carbocycles. The number of rotatable bonds is 3. The lowest BCUT2D eigenvalue weighted by Crippen LogP contribution is -2.15. The van der Waals surface area contributed by atoms with Gasteiger partial charge >= 0.3 is 0 Å². The molecule has 6 heteroatoms. The van der Waals surface area contributed by atoms with Crippen LogP contribution in [0, 0.1) is 6.92 Å². The number of anilines is 1. The summed E-state index contributed by atoms with van der Waals surface area (Å²) in [5.41, 5.74) is 1.38. The van der Waals surface area contributed by atoms with E-state index in [1.807, 2.05) is 6.92 Å². The summed E-state index contributed by atoms with van der Waals surface area (Å²) in [4.78, 5) is 3.99. The van der Waals surface area contributed by atoms with Gasteiger partial charge in [-0.15, -0.1) is 0 Å². The molecule has 1 rings (SSSR count). The molecule has 0 aliphatic carbocycles. The molecule has 0 amide bonds. The van der Waals surface area contributed by atoms with Gasteiger partial charge < -0.3 is 0 Å². The van der Waals surface area contributed by atoms with Gasteiger partial charge in [-0.05, 0) is 41.4 Å². The zero-order valence-corrected chi connectivity index (χ0v) is 10.3. The molecular formula is C8H11BrN2O2S. The molecule has 0 saturated heterocycles. The van der Waals surface area contributed by atoms with Crippen molar-refractivity contribution in [2.45, 2.75) is 13.8 Å². The van der Waals surface area contributed by atoms with Crippen LogP contribution in [-0.4, -0.2) is 19.2 Å². The van der Waals surface area contributed by atoms with E-state index >= 15 is 0 Å². The maximum absolute atomic E-state index is 11.3. The molecule has 0 fully saturated rings. The van der Waals surface area contributed by atoms with Crippen LogP contribution in [0.15, 0.2) is 16.9 Å². The fourth-order valence-corrected chi connectivity index (χ4v) is 1.95. The summed E-state index contributed by atoms with van der Waals surface area (Å²) in [6.07, 6.45) is 1.66. The highest BCUT2D eigenvalue weighted by Gasteiger charge is 2.09. The zero-order valence-electron chi connectivity index (χ0n) is 7.91. The van der Waals surface area contributed by atoms with Gasteiger partial charge in [-0.1, -0.05) is 0 Å². The Morgan fingerprint density at radius 3 is 2.79 bits per heavy atom. The van der Waals surface area contributed by atoms with Gasteiger partial charge in [0, 0.05) is 6.20 Å². The Morgan fingerprint density at radius 1 is 1.57 bits per heavy atom. The SMILES string of the molecule is CCS(=O)(=O)Nc1cc(C)cnc1Br. The van der Waals surface area contributed by atoms with Crippen LogP contribution in [0.25, 0.3) is 0 Å². The molecule has 14 heavy (non-hydrogen) atoms. The van der Waals surface area contributed by atoms with E-state index in [-0.39, 0.29) is 5.75 Å². The molecular weight excluding hydrogens is 268 g/mol. The highest BCUT2D eigenvalue weighted by molar-refractivity contribution is 9.10. The predicted molar refractivity (Wildman–Crippen MR) is 59.8 cm³/mol. The molecule has 1 aromatic heterocycles. The Hall–Kier alpha value is -0.620. The third kappa shape index (κ3) is 2.95. The Kier molecular flexibility index (Phi) is 3.49. The summed E-state index contributed by atoms with van der Waals surface area (Å²) in [5, 5.41) is 0. The standard InChI is InChI=1S/C8H11BrN2O2S/c1-3-14(12,13)11-7-4-6(2)5-10-8(7)9/h4-5,11H,3H2,1-2H3. The first-order valence-corrected chi connectivity index (χ1v) is 6.52.